The zero-order chi connectivity index (χ0) is 22.1. The monoisotopic (exact) mass is 562 g/mol. The Bertz CT molecular complexity index is 982. The Balaban J connectivity index is 0.00000363. The molecule has 174 valence electrons. The molecule has 0 radical (unpaired) electrons. The number of hydrogen-bond acceptors (Lipinski definition) is 6. The molecule has 0 aliphatic rings. The summed E-state index contributed by atoms with van der Waals surface area (Å²) >= 11 is 0. The number of alkyl halides is 2. The number of halogens is 3. The van der Waals surface area contributed by atoms with Crippen molar-refractivity contribution in [2.24, 2.45) is 4.99 Å². The SMILES string of the molecule is CCNC(=NCc1cccc(OCC)c1OC(F)F)NCc1nc(-c2ccco2)n[nH]1.I. The van der Waals surface area contributed by atoms with E-state index >= 15 is 0 Å². The molecule has 0 unspecified atom stereocenters. The Hall–Kier alpha value is -2.90. The second kappa shape index (κ2) is 12.8. The molecule has 3 aromatic rings. The van der Waals surface area contributed by atoms with Crippen molar-refractivity contribution in [2.75, 3.05) is 13.2 Å². The highest BCUT2D eigenvalue weighted by molar-refractivity contribution is 14.0. The van der Waals surface area contributed by atoms with Crippen LogP contribution in [0.15, 0.2) is 46.0 Å². The van der Waals surface area contributed by atoms with Crippen LogP contribution in [0.25, 0.3) is 11.6 Å². The minimum absolute atomic E-state index is 0. The number of aliphatic imine (C=N–C) groups is 1. The molecule has 0 bridgehead atoms. The van der Waals surface area contributed by atoms with Gasteiger partial charge in [0, 0.05) is 12.1 Å². The quantitative estimate of drug-likeness (QED) is 0.195. The van der Waals surface area contributed by atoms with E-state index in [0.29, 0.717) is 48.6 Å². The van der Waals surface area contributed by atoms with Crippen molar-refractivity contribution in [1.29, 1.82) is 0 Å². The van der Waals surface area contributed by atoms with Crippen molar-refractivity contribution in [3.63, 3.8) is 0 Å². The first-order chi connectivity index (χ1) is 15.1. The number of ether oxygens (including phenoxy) is 2. The smallest absolute Gasteiger partial charge is 0.387 e. The Labute approximate surface area is 201 Å². The van der Waals surface area contributed by atoms with Gasteiger partial charge in [0.05, 0.1) is 26.0 Å². The van der Waals surface area contributed by atoms with Gasteiger partial charge in [-0.2, -0.15) is 8.78 Å². The first-order valence-corrected chi connectivity index (χ1v) is 9.77. The van der Waals surface area contributed by atoms with Crippen LogP contribution in [-0.4, -0.2) is 40.9 Å². The van der Waals surface area contributed by atoms with E-state index in [9.17, 15) is 8.78 Å². The lowest BCUT2D eigenvalue weighted by Gasteiger charge is -2.15. The van der Waals surface area contributed by atoms with Gasteiger partial charge in [0.1, 0.15) is 5.82 Å². The van der Waals surface area contributed by atoms with Gasteiger partial charge in [0.2, 0.25) is 5.82 Å². The molecule has 3 rings (SSSR count). The van der Waals surface area contributed by atoms with E-state index in [-0.39, 0.29) is 42.0 Å². The van der Waals surface area contributed by atoms with E-state index in [1.54, 1.807) is 43.5 Å². The molecule has 12 heteroatoms. The summed E-state index contributed by atoms with van der Waals surface area (Å²) < 4.78 is 41.2. The first kappa shape index (κ1) is 25.4. The highest BCUT2D eigenvalue weighted by Crippen LogP contribution is 2.33. The van der Waals surface area contributed by atoms with Gasteiger partial charge in [-0.3, -0.25) is 5.10 Å². The van der Waals surface area contributed by atoms with Gasteiger partial charge in [-0.1, -0.05) is 12.1 Å². The van der Waals surface area contributed by atoms with Crippen LogP contribution in [0.2, 0.25) is 0 Å². The number of hydrogen-bond donors (Lipinski definition) is 3. The average molecular weight is 562 g/mol. The molecule has 0 atom stereocenters. The summed E-state index contributed by atoms with van der Waals surface area (Å²) in [6.07, 6.45) is 1.55. The number of H-pyrrole nitrogens is 1. The lowest BCUT2D eigenvalue weighted by molar-refractivity contribution is -0.0520. The summed E-state index contributed by atoms with van der Waals surface area (Å²) in [5, 5.41) is 13.2. The molecular weight excluding hydrogens is 537 g/mol. The molecular formula is C20H25F2IN6O3. The summed E-state index contributed by atoms with van der Waals surface area (Å²) in [5.74, 6) is 2.30. The van der Waals surface area contributed by atoms with Crippen LogP contribution < -0.4 is 20.1 Å². The maximum absolute atomic E-state index is 12.9. The van der Waals surface area contributed by atoms with E-state index in [4.69, 9.17) is 9.15 Å². The van der Waals surface area contributed by atoms with E-state index in [0.717, 1.165) is 0 Å². The number of furan rings is 1. The van der Waals surface area contributed by atoms with Gasteiger partial charge in [-0.05, 0) is 32.0 Å². The molecule has 1 aromatic carbocycles. The van der Waals surface area contributed by atoms with Crippen molar-refractivity contribution in [2.45, 2.75) is 33.5 Å². The molecule has 0 fully saturated rings. The Morgan fingerprint density at radius 2 is 2.06 bits per heavy atom. The molecule has 9 nitrogen and oxygen atoms in total. The van der Waals surface area contributed by atoms with Gasteiger partial charge < -0.3 is 24.5 Å². The van der Waals surface area contributed by atoms with Crippen molar-refractivity contribution in [3.8, 4) is 23.1 Å². The minimum atomic E-state index is -2.97. The molecule has 0 aliphatic carbocycles. The van der Waals surface area contributed by atoms with E-state index in [1.165, 1.54) is 0 Å². The van der Waals surface area contributed by atoms with Gasteiger partial charge in [0.15, 0.2) is 23.2 Å². The largest absolute Gasteiger partial charge is 0.490 e. The predicted octanol–water partition coefficient (Wildman–Crippen LogP) is 3.94. The Morgan fingerprint density at radius 1 is 1.22 bits per heavy atom. The zero-order valence-corrected chi connectivity index (χ0v) is 19.9. The fourth-order valence-corrected chi connectivity index (χ4v) is 2.74. The summed E-state index contributed by atoms with van der Waals surface area (Å²) in [5.41, 5.74) is 0.475. The first-order valence-electron chi connectivity index (χ1n) is 9.77. The maximum atomic E-state index is 12.9. The number of nitrogens with one attached hydrogen (secondary N) is 3. The average Bonchev–Trinajstić information content (AvgIpc) is 3.43. The fourth-order valence-electron chi connectivity index (χ4n) is 2.74. The number of guanidine groups is 1. The molecule has 3 N–H and O–H groups in total. The molecule has 2 aromatic heterocycles. The van der Waals surface area contributed by atoms with Crippen LogP contribution in [0.5, 0.6) is 11.5 Å². The molecule has 0 saturated carbocycles. The molecule has 32 heavy (non-hydrogen) atoms. The predicted molar refractivity (Wildman–Crippen MR) is 125 cm³/mol. The molecule has 0 spiro atoms. The van der Waals surface area contributed by atoms with Crippen molar-refractivity contribution in [3.05, 3.63) is 48.0 Å². The third kappa shape index (κ3) is 7.07. The Morgan fingerprint density at radius 3 is 2.75 bits per heavy atom. The number of aromatic nitrogens is 3. The van der Waals surface area contributed by atoms with Crippen LogP contribution in [0, 0.1) is 0 Å². The van der Waals surface area contributed by atoms with Crippen molar-refractivity contribution in [1.82, 2.24) is 25.8 Å². The topological polar surface area (TPSA) is 110 Å². The second-order valence-corrected chi connectivity index (χ2v) is 6.19. The maximum Gasteiger partial charge on any atom is 0.387 e. The van der Waals surface area contributed by atoms with Gasteiger partial charge >= 0.3 is 6.61 Å². The van der Waals surface area contributed by atoms with Crippen LogP contribution in [0.1, 0.15) is 25.2 Å². The summed E-state index contributed by atoms with van der Waals surface area (Å²) in [4.78, 5) is 8.81. The highest BCUT2D eigenvalue weighted by atomic mass is 127. The third-order valence-electron chi connectivity index (χ3n) is 4.02. The van der Waals surface area contributed by atoms with Crippen molar-refractivity contribution >= 4 is 29.9 Å². The van der Waals surface area contributed by atoms with Crippen molar-refractivity contribution < 1.29 is 22.7 Å². The molecule has 0 aliphatic heterocycles. The number of para-hydroxylation sites is 1. The fraction of sp³-hybridized carbons (Fsp3) is 0.350. The number of nitrogens with zero attached hydrogens (tertiary/aromatic N) is 3. The van der Waals surface area contributed by atoms with E-state index in [2.05, 4.69) is 35.5 Å². The number of benzene rings is 1. The normalized spacial score (nSPS) is 11.2. The lowest BCUT2D eigenvalue weighted by Crippen LogP contribution is -2.37. The van der Waals surface area contributed by atoms with Crippen LogP contribution in [-0.2, 0) is 13.1 Å². The van der Waals surface area contributed by atoms with Gasteiger partial charge in [-0.25, -0.2) is 9.98 Å². The highest BCUT2D eigenvalue weighted by Gasteiger charge is 2.16. The van der Waals surface area contributed by atoms with Gasteiger partial charge in [0.25, 0.3) is 0 Å². The van der Waals surface area contributed by atoms with Gasteiger partial charge in [-0.15, -0.1) is 29.1 Å². The molecule has 0 amide bonds. The lowest BCUT2D eigenvalue weighted by atomic mass is 10.2. The number of rotatable bonds is 10. The second-order valence-electron chi connectivity index (χ2n) is 6.19. The minimum Gasteiger partial charge on any atom is -0.490 e. The standard InChI is InChI=1S/C20H24F2N6O3.HI/c1-3-23-20(25-12-16-26-18(28-27-16)15-9-6-10-30-15)24-11-13-7-5-8-14(29-4-2)17(13)31-19(21)22;/h5-10,19H,3-4,11-12H2,1-2H3,(H2,23,24,25)(H,26,27,28);1H. The third-order valence-corrected chi connectivity index (χ3v) is 4.02. The van der Waals surface area contributed by atoms with Crippen LogP contribution in [0.3, 0.4) is 0 Å². The van der Waals surface area contributed by atoms with Crippen LogP contribution >= 0.6 is 24.0 Å². The summed E-state index contributed by atoms with van der Waals surface area (Å²) in [6, 6.07) is 8.48. The zero-order valence-electron chi connectivity index (χ0n) is 17.6. The summed E-state index contributed by atoms with van der Waals surface area (Å²) in [6.45, 7) is 2.08. The molecule has 0 saturated heterocycles. The van der Waals surface area contributed by atoms with E-state index < -0.39 is 6.61 Å². The summed E-state index contributed by atoms with van der Waals surface area (Å²) in [7, 11) is 0. The molecule has 2 heterocycles. The van der Waals surface area contributed by atoms with Crippen LogP contribution in [0.4, 0.5) is 8.78 Å². The number of aromatic amines is 1. The van der Waals surface area contributed by atoms with E-state index in [1.807, 2.05) is 6.92 Å². The Kier molecular flexibility index (Phi) is 10.2.